The van der Waals surface area contributed by atoms with Crippen LogP contribution in [0, 0.1) is 17.8 Å². The smallest absolute Gasteiger partial charge is 0.226 e. The molecule has 3 fully saturated rings. The fourth-order valence-corrected chi connectivity index (χ4v) is 3.95. The van der Waals surface area contributed by atoms with Crippen LogP contribution in [0.4, 0.5) is 0 Å². The van der Waals surface area contributed by atoms with Gasteiger partial charge in [0, 0.05) is 18.0 Å². The van der Waals surface area contributed by atoms with Gasteiger partial charge in [0.2, 0.25) is 5.91 Å². The Balaban J connectivity index is 1.75. The van der Waals surface area contributed by atoms with Crippen molar-refractivity contribution in [3.05, 3.63) is 0 Å². The summed E-state index contributed by atoms with van der Waals surface area (Å²) in [6, 6.07) is 1.11. The van der Waals surface area contributed by atoms with Gasteiger partial charge in [0.25, 0.3) is 0 Å². The summed E-state index contributed by atoms with van der Waals surface area (Å²) in [5.41, 5.74) is 0. The third-order valence-electron chi connectivity index (χ3n) is 5.03. The van der Waals surface area contributed by atoms with Crippen LogP contribution in [0.5, 0.6) is 0 Å². The van der Waals surface area contributed by atoms with E-state index in [1.807, 2.05) is 0 Å². The molecule has 0 N–H and O–H groups in total. The predicted octanol–water partition coefficient (Wildman–Crippen LogP) is 2.82. The summed E-state index contributed by atoms with van der Waals surface area (Å²) in [5.74, 6) is 2.33. The van der Waals surface area contributed by atoms with Crippen LogP contribution in [0.2, 0.25) is 0 Å². The van der Waals surface area contributed by atoms with Crippen molar-refractivity contribution in [2.24, 2.45) is 17.8 Å². The molecule has 0 aromatic rings. The lowest BCUT2D eigenvalue weighted by Gasteiger charge is -2.33. The van der Waals surface area contributed by atoms with E-state index in [-0.39, 0.29) is 0 Å². The molecule has 0 bridgehead atoms. The van der Waals surface area contributed by atoms with Gasteiger partial charge < -0.3 is 4.90 Å². The number of hydrogen-bond donors (Lipinski definition) is 0. The zero-order chi connectivity index (χ0) is 11.3. The highest BCUT2D eigenvalue weighted by Gasteiger charge is 2.49. The van der Waals surface area contributed by atoms with E-state index < -0.39 is 0 Å². The number of carbonyl (C=O) groups excluding carboxylic acids is 1. The van der Waals surface area contributed by atoms with E-state index in [2.05, 4.69) is 18.7 Å². The fraction of sp³-hybridized carbons (Fsp3) is 0.929. The number of carbonyl (C=O) groups is 1. The quantitative estimate of drug-likeness (QED) is 0.666. The van der Waals surface area contributed by atoms with Crippen molar-refractivity contribution in [3.63, 3.8) is 0 Å². The number of fused-ring (bicyclic) bond motifs is 1. The Kier molecular flexibility index (Phi) is 2.49. The number of rotatable bonds is 1. The third-order valence-corrected chi connectivity index (χ3v) is 5.03. The minimum absolute atomic E-state index is 0.378. The van der Waals surface area contributed by atoms with Crippen molar-refractivity contribution < 1.29 is 4.79 Å². The molecule has 0 unspecified atom stereocenters. The molecule has 2 heteroatoms. The first-order valence-corrected chi connectivity index (χ1v) is 7.00. The number of nitrogens with zero attached hydrogens (tertiary/aromatic N) is 1. The second-order valence-corrected chi connectivity index (χ2v) is 6.26. The van der Waals surface area contributed by atoms with Crippen molar-refractivity contribution in [2.45, 2.75) is 64.5 Å². The highest BCUT2D eigenvalue weighted by atomic mass is 16.2. The van der Waals surface area contributed by atoms with Crippen molar-refractivity contribution in [1.29, 1.82) is 0 Å². The molecule has 1 amide bonds. The molecule has 16 heavy (non-hydrogen) atoms. The number of amides is 1. The maximum absolute atomic E-state index is 12.4. The minimum atomic E-state index is 0.378. The lowest BCUT2D eigenvalue weighted by molar-refractivity contribution is -0.136. The van der Waals surface area contributed by atoms with Crippen LogP contribution in [0.3, 0.4) is 0 Å². The van der Waals surface area contributed by atoms with Gasteiger partial charge in [-0.2, -0.15) is 0 Å². The minimum Gasteiger partial charge on any atom is -0.336 e. The van der Waals surface area contributed by atoms with Crippen LogP contribution < -0.4 is 0 Å². The van der Waals surface area contributed by atoms with Gasteiger partial charge >= 0.3 is 0 Å². The Hall–Kier alpha value is -0.530. The van der Waals surface area contributed by atoms with Crippen LogP contribution in [0.1, 0.15) is 52.4 Å². The monoisotopic (exact) mass is 221 g/mol. The SMILES string of the molecule is C[C@@H]1C[C@@H]1C(=O)N1[C@H](C)C[C@@H]2CCCC[C@H]21. The average Bonchev–Trinajstić information content (AvgIpc) is 2.89. The lowest BCUT2D eigenvalue weighted by atomic mass is 9.85. The zero-order valence-electron chi connectivity index (χ0n) is 10.5. The standard InChI is InChI=1S/C14H23NO/c1-9-7-12(9)14(16)15-10(2)8-11-5-3-4-6-13(11)15/h9-13H,3-8H2,1-2H3/t9-,10-,11+,12+,13-/m1/s1. The van der Waals surface area contributed by atoms with Gasteiger partial charge in [-0.3, -0.25) is 4.79 Å². The van der Waals surface area contributed by atoms with Gasteiger partial charge in [-0.05, 0) is 44.4 Å². The van der Waals surface area contributed by atoms with E-state index >= 15 is 0 Å². The second kappa shape index (κ2) is 3.75. The summed E-state index contributed by atoms with van der Waals surface area (Å²) in [4.78, 5) is 14.7. The molecule has 3 aliphatic rings. The highest BCUT2D eigenvalue weighted by molar-refractivity contribution is 5.82. The zero-order valence-corrected chi connectivity index (χ0v) is 10.5. The van der Waals surface area contributed by atoms with Crippen molar-refractivity contribution in [1.82, 2.24) is 4.90 Å². The van der Waals surface area contributed by atoms with Gasteiger partial charge in [-0.1, -0.05) is 19.8 Å². The summed E-state index contributed by atoms with van der Waals surface area (Å²) in [6.07, 6.45) is 7.74. The van der Waals surface area contributed by atoms with E-state index in [9.17, 15) is 4.79 Å². The average molecular weight is 221 g/mol. The first kappa shape index (κ1) is 10.6. The fourth-order valence-electron chi connectivity index (χ4n) is 3.95. The second-order valence-electron chi connectivity index (χ2n) is 6.26. The Labute approximate surface area is 98.4 Å². The Morgan fingerprint density at radius 1 is 1.12 bits per heavy atom. The van der Waals surface area contributed by atoms with Gasteiger partial charge in [0.1, 0.15) is 0 Å². The summed E-state index contributed by atoms with van der Waals surface area (Å²) in [5, 5.41) is 0. The van der Waals surface area contributed by atoms with E-state index in [4.69, 9.17) is 0 Å². The molecule has 2 saturated carbocycles. The Bertz CT molecular complexity index is 301. The topological polar surface area (TPSA) is 20.3 Å². The lowest BCUT2D eigenvalue weighted by Crippen LogP contribution is -2.43. The van der Waals surface area contributed by atoms with E-state index in [0.717, 1.165) is 12.3 Å². The molecule has 0 radical (unpaired) electrons. The van der Waals surface area contributed by atoms with Crippen molar-refractivity contribution >= 4 is 5.91 Å². The molecule has 90 valence electrons. The van der Waals surface area contributed by atoms with Gasteiger partial charge in [0.15, 0.2) is 0 Å². The van der Waals surface area contributed by atoms with Gasteiger partial charge in [-0.25, -0.2) is 0 Å². The van der Waals surface area contributed by atoms with Gasteiger partial charge in [0.05, 0.1) is 0 Å². The largest absolute Gasteiger partial charge is 0.336 e. The summed E-state index contributed by atoms with van der Waals surface area (Å²) < 4.78 is 0. The normalized spacial score (nSPS) is 46.6. The molecular weight excluding hydrogens is 198 g/mol. The molecule has 1 aliphatic heterocycles. The first-order valence-electron chi connectivity index (χ1n) is 7.00. The number of hydrogen-bond acceptors (Lipinski definition) is 1. The molecule has 1 saturated heterocycles. The molecule has 0 aromatic heterocycles. The Morgan fingerprint density at radius 2 is 1.81 bits per heavy atom. The van der Waals surface area contributed by atoms with E-state index in [0.29, 0.717) is 29.8 Å². The maximum Gasteiger partial charge on any atom is 0.226 e. The van der Waals surface area contributed by atoms with Crippen LogP contribution in [0.15, 0.2) is 0 Å². The van der Waals surface area contributed by atoms with Crippen LogP contribution in [-0.4, -0.2) is 22.9 Å². The molecule has 1 heterocycles. The molecule has 0 spiro atoms. The van der Waals surface area contributed by atoms with Crippen molar-refractivity contribution in [2.75, 3.05) is 0 Å². The predicted molar refractivity (Wildman–Crippen MR) is 63.9 cm³/mol. The third kappa shape index (κ3) is 1.57. The summed E-state index contributed by atoms with van der Waals surface area (Å²) in [6.45, 7) is 4.46. The van der Waals surface area contributed by atoms with Gasteiger partial charge in [-0.15, -0.1) is 0 Å². The molecule has 2 aliphatic carbocycles. The highest BCUT2D eigenvalue weighted by Crippen LogP contribution is 2.45. The van der Waals surface area contributed by atoms with Crippen LogP contribution in [-0.2, 0) is 4.79 Å². The molecule has 0 aromatic carbocycles. The van der Waals surface area contributed by atoms with E-state index in [1.54, 1.807) is 0 Å². The summed E-state index contributed by atoms with van der Waals surface area (Å²) in [7, 11) is 0. The summed E-state index contributed by atoms with van der Waals surface area (Å²) >= 11 is 0. The molecule has 5 atom stereocenters. The molecule has 2 nitrogen and oxygen atoms in total. The Morgan fingerprint density at radius 3 is 2.50 bits per heavy atom. The molecular formula is C14H23NO. The maximum atomic E-state index is 12.4. The van der Waals surface area contributed by atoms with Crippen LogP contribution >= 0.6 is 0 Å². The number of likely N-dealkylation sites (tertiary alicyclic amines) is 1. The van der Waals surface area contributed by atoms with Crippen LogP contribution in [0.25, 0.3) is 0 Å². The van der Waals surface area contributed by atoms with Crippen molar-refractivity contribution in [3.8, 4) is 0 Å². The first-order chi connectivity index (χ1) is 7.68. The molecule has 3 rings (SSSR count). The van der Waals surface area contributed by atoms with E-state index in [1.165, 1.54) is 32.1 Å².